The topological polar surface area (TPSA) is 37.0 Å². The van der Waals surface area contributed by atoms with Gasteiger partial charge in [-0.1, -0.05) is 33.1 Å². The molecule has 11 heavy (non-hydrogen) atoms. The van der Waals surface area contributed by atoms with Gasteiger partial charge in [0.15, 0.2) is 0 Å². The lowest BCUT2D eigenvalue weighted by molar-refractivity contribution is -0.143. The molecule has 1 atom stereocenters. The van der Waals surface area contributed by atoms with Gasteiger partial charge in [0.2, 0.25) is 0 Å². The van der Waals surface area contributed by atoms with Crippen LogP contribution in [0.15, 0.2) is 0 Å². The summed E-state index contributed by atoms with van der Waals surface area (Å²) in [5, 5.41) is 10.0. The van der Waals surface area contributed by atoms with Crippen molar-refractivity contribution in [2.24, 2.45) is 5.92 Å². The normalized spacial score (nSPS) is 12.9. The van der Waals surface area contributed by atoms with Gasteiger partial charge in [-0.3, -0.25) is 0 Å². The molecule has 0 spiro atoms. The van der Waals surface area contributed by atoms with E-state index >= 15 is 0 Å². The summed E-state index contributed by atoms with van der Waals surface area (Å²) < 4.78 is 0. The minimum absolute atomic E-state index is 0.216. The smallest absolute Gasteiger partial charge is 0.247 e. The molecule has 0 fully saturated rings. The number of hydrogen-bond donors (Lipinski definition) is 0. The number of hydrogen-bond acceptors (Lipinski definition) is 1. The van der Waals surface area contributed by atoms with Gasteiger partial charge in [0.1, 0.15) is 0 Å². The maximum absolute atomic E-state index is 10.0. The summed E-state index contributed by atoms with van der Waals surface area (Å²) in [6, 6.07) is 0. The zero-order valence-electron chi connectivity index (χ0n) is 7.43. The van der Waals surface area contributed by atoms with Crippen LogP contribution in [0.25, 0.3) is 0 Å². The molecule has 1 unspecified atom stereocenters. The minimum Gasteiger partial charge on any atom is -0.247 e. The molecule has 0 N–H and O–H groups in total. The lowest BCUT2D eigenvalue weighted by atomic mass is 9.99. The maximum atomic E-state index is 10.0. The zero-order chi connectivity index (χ0) is 8.69. The van der Waals surface area contributed by atoms with Crippen molar-refractivity contribution < 1.29 is 9.90 Å². The van der Waals surface area contributed by atoms with E-state index in [1.54, 1.807) is 0 Å². The average Bonchev–Trinajstić information content (AvgIpc) is 1.87. The van der Waals surface area contributed by atoms with E-state index in [0.717, 1.165) is 12.8 Å². The van der Waals surface area contributed by atoms with Gasteiger partial charge >= 0.3 is 5.97 Å². The third-order valence-corrected chi connectivity index (χ3v) is 1.86. The quantitative estimate of drug-likeness (QED) is 0.583. The van der Waals surface area contributed by atoms with Crippen LogP contribution in [0.2, 0.25) is 0 Å². The molecule has 0 rings (SSSR count). The molecule has 0 bridgehead atoms. The van der Waals surface area contributed by atoms with E-state index in [1.165, 1.54) is 12.8 Å². The second kappa shape index (κ2) is 6.20. The summed E-state index contributed by atoms with van der Waals surface area (Å²) >= 11 is 0. The van der Waals surface area contributed by atoms with Gasteiger partial charge in [-0.05, 0) is 12.3 Å². The van der Waals surface area contributed by atoms with Crippen LogP contribution in [0.1, 0.15) is 46.0 Å². The standard InChI is InChI=1S/C9H17O2/c1-3-5-8(2)6-4-7-9(10)11/h8H,3-7H2,1-2H3. The molecule has 0 heterocycles. The van der Waals surface area contributed by atoms with Crippen LogP contribution in [0.3, 0.4) is 0 Å². The van der Waals surface area contributed by atoms with Gasteiger partial charge in [0.05, 0.1) is 6.42 Å². The Kier molecular flexibility index (Phi) is 5.90. The third kappa shape index (κ3) is 7.37. The highest BCUT2D eigenvalue weighted by molar-refractivity contribution is 5.66. The van der Waals surface area contributed by atoms with Crippen LogP contribution < -0.4 is 0 Å². The van der Waals surface area contributed by atoms with Crippen molar-refractivity contribution >= 4 is 5.97 Å². The Bertz CT molecular complexity index is 110. The number of rotatable bonds is 6. The number of carbonyl (C=O) groups excluding carboxylic acids is 1. The molecule has 0 saturated heterocycles. The van der Waals surface area contributed by atoms with Crippen LogP contribution in [0.5, 0.6) is 0 Å². The fourth-order valence-electron chi connectivity index (χ4n) is 1.23. The monoisotopic (exact) mass is 157 g/mol. The van der Waals surface area contributed by atoms with Crippen molar-refractivity contribution in [3.8, 4) is 0 Å². The number of carbonyl (C=O) groups is 1. The van der Waals surface area contributed by atoms with Gasteiger partial charge in [0.25, 0.3) is 0 Å². The minimum atomic E-state index is -0.923. The Labute approximate surface area is 68.6 Å². The predicted molar refractivity (Wildman–Crippen MR) is 43.6 cm³/mol. The molecule has 0 saturated carbocycles. The lowest BCUT2D eigenvalue weighted by Gasteiger charge is -2.06. The van der Waals surface area contributed by atoms with Crippen molar-refractivity contribution in [2.45, 2.75) is 46.0 Å². The summed E-state index contributed by atoms with van der Waals surface area (Å²) in [7, 11) is 0. The van der Waals surface area contributed by atoms with Crippen molar-refractivity contribution in [3.63, 3.8) is 0 Å². The van der Waals surface area contributed by atoms with Gasteiger partial charge in [-0.15, -0.1) is 0 Å². The van der Waals surface area contributed by atoms with E-state index in [9.17, 15) is 9.90 Å². The Morgan fingerprint density at radius 3 is 2.45 bits per heavy atom. The summed E-state index contributed by atoms with van der Waals surface area (Å²) in [4.78, 5) is 10.0. The van der Waals surface area contributed by atoms with E-state index in [-0.39, 0.29) is 6.42 Å². The summed E-state index contributed by atoms with van der Waals surface area (Å²) in [5.74, 6) is -0.256. The first-order valence-electron chi connectivity index (χ1n) is 4.36. The second-order valence-electron chi connectivity index (χ2n) is 3.16. The maximum Gasteiger partial charge on any atom is 0.355 e. The van der Waals surface area contributed by atoms with Gasteiger partial charge in [-0.25, -0.2) is 9.90 Å². The van der Waals surface area contributed by atoms with E-state index in [1.807, 2.05) is 0 Å². The van der Waals surface area contributed by atoms with E-state index in [0.29, 0.717) is 5.92 Å². The molecule has 2 heteroatoms. The highest BCUT2D eigenvalue weighted by Gasteiger charge is 2.03. The molecule has 65 valence electrons. The molecule has 0 amide bonds. The second-order valence-corrected chi connectivity index (χ2v) is 3.16. The molecule has 0 aliphatic rings. The first kappa shape index (κ1) is 10.5. The van der Waals surface area contributed by atoms with Crippen molar-refractivity contribution in [1.29, 1.82) is 0 Å². The van der Waals surface area contributed by atoms with E-state index in [2.05, 4.69) is 13.8 Å². The largest absolute Gasteiger partial charge is 0.355 e. The SMILES string of the molecule is CCCC(C)CCCC([O])=O. The highest BCUT2D eigenvalue weighted by Crippen LogP contribution is 2.13. The lowest BCUT2D eigenvalue weighted by Crippen LogP contribution is -1.97. The molecular formula is C9H17O2. The molecule has 0 aliphatic heterocycles. The Morgan fingerprint density at radius 1 is 1.36 bits per heavy atom. The first-order chi connectivity index (χ1) is 5.16. The fraction of sp³-hybridized carbons (Fsp3) is 0.889. The fourth-order valence-corrected chi connectivity index (χ4v) is 1.23. The predicted octanol–water partition coefficient (Wildman–Crippen LogP) is 2.55. The summed E-state index contributed by atoms with van der Waals surface area (Å²) in [5.41, 5.74) is 0. The molecule has 0 aromatic rings. The zero-order valence-corrected chi connectivity index (χ0v) is 7.43. The van der Waals surface area contributed by atoms with Gasteiger partial charge < -0.3 is 0 Å². The highest BCUT2D eigenvalue weighted by atomic mass is 16.4. The molecule has 0 aromatic heterocycles. The van der Waals surface area contributed by atoms with Gasteiger partial charge in [-0.2, -0.15) is 0 Å². The third-order valence-electron chi connectivity index (χ3n) is 1.86. The summed E-state index contributed by atoms with van der Waals surface area (Å²) in [6.45, 7) is 4.31. The molecule has 0 aromatic carbocycles. The van der Waals surface area contributed by atoms with Crippen molar-refractivity contribution in [3.05, 3.63) is 0 Å². The van der Waals surface area contributed by atoms with E-state index in [4.69, 9.17) is 0 Å². The molecular weight excluding hydrogens is 140 g/mol. The van der Waals surface area contributed by atoms with E-state index < -0.39 is 5.97 Å². The molecule has 0 aliphatic carbocycles. The van der Waals surface area contributed by atoms with Gasteiger partial charge in [0, 0.05) is 0 Å². The Balaban J connectivity index is 3.16. The average molecular weight is 157 g/mol. The van der Waals surface area contributed by atoms with Crippen molar-refractivity contribution in [1.82, 2.24) is 0 Å². The Morgan fingerprint density at radius 2 is 2.00 bits per heavy atom. The van der Waals surface area contributed by atoms with Crippen molar-refractivity contribution in [2.75, 3.05) is 0 Å². The molecule has 2 nitrogen and oxygen atoms in total. The van der Waals surface area contributed by atoms with Crippen LogP contribution in [0, 0.1) is 5.92 Å². The van der Waals surface area contributed by atoms with Crippen LogP contribution in [0.4, 0.5) is 0 Å². The Hall–Kier alpha value is -0.530. The first-order valence-corrected chi connectivity index (χ1v) is 4.36. The van der Waals surface area contributed by atoms with Crippen LogP contribution in [-0.4, -0.2) is 5.97 Å². The van der Waals surface area contributed by atoms with Crippen LogP contribution >= 0.6 is 0 Å². The van der Waals surface area contributed by atoms with Crippen LogP contribution in [-0.2, 0) is 9.90 Å². The molecule has 1 radical (unpaired) electrons. The summed E-state index contributed by atoms with van der Waals surface area (Å²) in [6.07, 6.45) is 4.39.